The summed E-state index contributed by atoms with van der Waals surface area (Å²) < 4.78 is 5.72. The zero-order valence-corrected chi connectivity index (χ0v) is 16.3. The van der Waals surface area contributed by atoms with Crippen LogP contribution in [0.3, 0.4) is 0 Å². The third-order valence-corrected chi connectivity index (χ3v) is 4.58. The fourth-order valence-corrected chi connectivity index (χ4v) is 3.17. The molecule has 0 spiro atoms. The van der Waals surface area contributed by atoms with E-state index in [4.69, 9.17) is 10.5 Å². The fraction of sp³-hybridized carbons (Fsp3) is 0.368. The second-order valence-corrected chi connectivity index (χ2v) is 6.60. The lowest BCUT2D eigenvalue weighted by atomic mass is 9.74. The Labute approximate surface area is 166 Å². The van der Waals surface area contributed by atoms with Crippen LogP contribution >= 0.6 is 24.8 Å². The minimum Gasteiger partial charge on any atom is -0.457 e. The van der Waals surface area contributed by atoms with Gasteiger partial charge in [-0.05, 0) is 56.2 Å². The number of pyridine rings is 1. The van der Waals surface area contributed by atoms with Crippen LogP contribution in [0.5, 0.6) is 11.5 Å². The number of carbonyl (C=O) groups is 1. The smallest absolute Gasteiger partial charge is 0.229 e. The van der Waals surface area contributed by atoms with E-state index < -0.39 is 5.54 Å². The first-order valence-corrected chi connectivity index (χ1v) is 8.32. The van der Waals surface area contributed by atoms with Crippen molar-refractivity contribution in [1.29, 1.82) is 0 Å². The SMILES string of the molecule is CC1(N)CCCCC1C(=O)Nc1ccc(Oc2ccncc2)cc1.Cl.Cl. The maximum Gasteiger partial charge on any atom is 0.229 e. The molecule has 1 amide bonds. The molecule has 3 rings (SSSR count). The molecule has 1 aliphatic rings. The van der Waals surface area contributed by atoms with Gasteiger partial charge in [0.05, 0.1) is 5.92 Å². The number of ether oxygens (including phenoxy) is 1. The number of nitrogens with one attached hydrogen (secondary N) is 1. The molecular formula is C19H25Cl2N3O2. The van der Waals surface area contributed by atoms with E-state index in [-0.39, 0.29) is 36.6 Å². The highest BCUT2D eigenvalue weighted by molar-refractivity contribution is 5.93. The van der Waals surface area contributed by atoms with Crippen molar-refractivity contribution in [3.63, 3.8) is 0 Å². The van der Waals surface area contributed by atoms with Crippen molar-refractivity contribution < 1.29 is 9.53 Å². The first-order valence-electron chi connectivity index (χ1n) is 8.32. The van der Waals surface area contributed by atoms with Crippen molar-refractivity contribution in [2.75, 3.05) is 5.32 Å². The van der Waals surface area contributed by atoms with Crippen LogP contribution in [0.15, 0.2) is 48.8 Å². The highest BCUT2D eigenvalue weighted by Gasteiger charge is 2.37. The van der Waals surface area contributed by atoms with Gasteiger partial charge >= 0.3 is 0 Å². The molecule has 1 fully saturated rings. The average molecular weight is 398 g/mol. The Hall–Kier alpha value is -1.82. The van der Waals surface area contributed by atoms with Gasteiger partial charge in [0.1, 0.15) is 11.5 Å². The maximum atomic E-state index is 12.5. The number of anilines is 1. The summed E-state index contributed by atoms with van der Waals surface area (Å²) in [5.74, 6) is 1.30. The molecule has 0 bridgehead atoms. The third-order valence-electron chi connectivity index (χ3n) is 4.58. The largest absolute Gasteiger partial charge is 0.457 e. The van der Waals surface area contributed by atoms with E-state index in [1.165, 1.54) is 0 Å². The van der Waals surface area contributed by atoms with Crippen LogP contribution in [0.2, 0.25) is 0 Å². The number of rotatable bonds is 4. The van der Waals surface area contributed by atoms with E-state index in [1.54, 1.807) is 24.5 Å². The molecular weight excluding hydrogens is 373 g/mol. The lowest BCUT2D eigenvalue weighted by Gasteiger charge is -2.37. The predicted molar refractivity (Wildman–Crippen MR) is 108 cm³/mol. The Balaban J connectivity index is 0.00000169. The van der Waals surface area contributed by atoms with Crippen LogP contribution in [0.1, 0.15) is 32.6 Å². The Bertz CT molecular complexity index is 694. The van der Waals surface area contributed by atoms with Gasteiger partial charge in [-0.3, -0.25) is 9.78 Å². The van der Waals surface area contributed by atoms with E-state index >= 15 is 0 Å². The van der Waals surface area contributed by atoms with Gasteiger partial charge in [-0.15, -0.1) is 24.8 Å². The van der Waals surface area contributed by atoms with Gasteiger partial charge in [0.25, 0.3) is 0 Å². The van der Waals surface area contributed by atoms with Crippen LogP contribution in [0.4, 0.5) is 5.69 Å². The molecule has 2 atom stereocenters. The monoisotopic (exact) mass is 397 g/mol. The molecule has 7 heteroatoms. The molecule has 5 nitrogen and oxygen atoms in total. The number of carbonyl (C=O) groups excluding carboxylic acids is 1. The van der Waals surface area contributed by atoms with Crippen LogP contribution < -0.4 is 15.8 Å². The molecule has 0 radical (unpaired) electrons. The third kappa shape index (κ3) is 5.59. The highest BCUT2D eigenvalue weighted by Crippen LogP contribution is 2.32. The summed E-state index contributed by atoms with van der Waals surface area (Å²) in [5, 5.41) is 2.97. The lowest BCUT2D eigenvalue weighted by Crippen LogP contribution is -2.51. The molecule has 2 aromatic rings. The second-order valence-electron chi connectivity index (χ2n) is 6.60. The number of nitrogens with zero attached hydrogens (tertiary/aromatic N) is 1. The van der Waals surface area contributed by atoms with Gasteiger partial charge in [-0.25, -0.2) is 0 Å². The van der Waals surface area contributed by atoms with E-state index in [0.717, 1.165) is 37.1 Å². The van der Waals surface area contributed by atoms with Crippen molar-refractivity contribution >= 4 is 36.4 Å². The van der Waals surface area contributed by atoms with Gasteiger partial charge in [-0.1, -0.05) is 12.8 Å². The quantitative estimate of drug-likeness (QED) is 0.791. The van der Waals surface area contributed by atoms with Crippen molar-refractivity contribution in [3.05, 3.63) is 48.8 Å². The predicted octanol–water partition coefficient (Wildman–Crippen LogP) is 4.56. The van der Waals surface area contributed by atoms with Crippen molar-refractivity contribution in [1.82, 2.24) is 4.98 Å². The van der Waals surface area contributed by atoms with Crippen LogP contribution in [-0.2, 0) is 4.79 Å². The van der Waals surface area contributed by atoms with Crippen molar-refractivity contribution in [2.24, 2.45) is 11.7 Å². The number of nitrogens with two attached hydrogens (primary N) is 1. The lowest BCUT2D eigenvalue weighted by molar-refractivity contribution is -0.122. The van der Waals surface area contributed by atoms with Gasteiger partial charge in [0, 0.05) is 23.6 Å². The molecule has 1 aromatic carbocycles. The summed E-state index contributed by atoms with van der Waals surface area (Å²) in [5.41, 5.74) is 6.63. The van der Waals surface area contributed by atoms with Gasteiger partial charge < -0.3 is 15.8 Å². The molecule has 2 unspecified atom stereocenters. The number of aromatic nitrogens is 1. The molecule has 1 aromatic heterocycles. The van der Waals surface area contributed by atoms with E-state index in [1.807, 2.05) is 31.2 Å². The molecule has 26 heavy (non-hydrogen) atoms. The minimum absolute atomic E-state index is 0. The summed E-state index contributed by atoms with van der Waals surface area (Å²) in [6.45, 7) is 1.97. The van der Waals surface area contributed by atoms with Crippen molar-refractivity contribution in [3.8, 4) is 11.5 Å². The number of halogens is 2. The standard InChI is InChI=1S/C19H23N3O2.2ClH/c1-19(20)11-3-2-4-17(19)18(23)22-14-5-7-15(8-6-14)24-16-9-12-21-13-10-16;;/h5-10,12-13,17H,2-4,11,20H2,1H3,(H,22,23);2*1H. The number of amides is 1. The van der Waals surface area contributed by atoms with E-state index in [9.17, 15) is 4.79 Å². The Morgan fingerprint density at radius 3 is 2.35 bits per heavy atom. The van der Waals surface area contributed by atoms with Crippen molar-refractivity contribution in [2.45, 2.75) is 38.1 Å². The van der Waals surface area contributed by atoms with Gasteiger partial charge in [-0.2, -0.15) is 0 Å². The topological polar surface area (TPSA) is 77.2 Å². The Morgan fingerprint density at radius 1 is 1.12 bits per heavy atom. The Morgan fingerprint density at radius 2 is 1.73 bits per heavy atom. The summed E-state index contributed by atoms with van der Waals surface area (Å²) >= 11 is 0. The van der Waals surface area contributed by atoms with Crippen LogP contribution in [0.25, 0.3) is 0 Å². The zero-order chi connectivity index (χ0) is 17.0. The number of benzene rings is 1. The second kappa shape index (κ2) is 9.76. The van der Waals surface area contributed by atoms with Gasteiger partial charge in [0.2, 0.25) is 5.91 Å². The summed E-state index contributed by atoms with van der Waals surface area (Å²) in [7, 11) is 0. The van der Waals surface area contributed by atoms with E-state index in [2.05, 4.69) is 10.3 Å². The molecule has 142 valence electrons. The molecule has 3 N–H and O–H groups in total. The summed E-state index contributed by atoms with van der Waals surface area (Å²) in [6, 6.07) is 10.9. The van der Waals surface area contributed by atoms with Gasteiger partial charge in [0.15, 0.2) is 0 Å². The average Bonchev–Trinajstić information content (AvgIpc) is 2.57. The molecule has 1 saturated carbocycles. The first-order chi connectivity index (χ1) is 11.5. The molecule has 0 saturated heterocycles. The molecule has 0 aliphatic heterocycles. The van der Waals surface area contributed by atoms with Crippen LogP contribution in [-0.4, -0.2) is 16.4 Å². The number of hydrogen-bond donors (Lipinski definition) is 2. The zero-order valence-electron chi connectivity index (χ0n) is 14.7. The maximum absolute atomic E-state index is 12.5. The normalized spacial score (nSPS) is 21.7. The van der Waals surface area contributed by atoms with E-state index in [0.29, 0.717) is 5.75 Å². The fourth-order valence-electron chi connectivity index (χ4n) is 3.17. The Kier molecular flexibility index (Phi) is 8.34. The number of hydrogen-bond acceptors (Lipinski definition) is 4. The summed E-state index contributed by atoms with van der Waals surface area (Å²) in [6.07, 6.45) is 7.25. The molecule has 1 aliphatic carbocycles. The minimum atomic E-state index is -0.424. The first kappa shape index (κ1) is 22.2. The molecule has 1 heterocycles. The summed E-state index contributed by atoms with van der Waals surface area (Å²) in [4.78, 5) is 16.5. The van der Waals surface area contributed by atoms with Crippen LogP contribution in [0, 0.1) is 5.92 Å². The highest BCUT2D eigenvalue weighted by atomic mass is 35.5.